The molecule has 12 heteroatoms. The minimum absolute atomic E-state index is 0.122. The van der Waals surface area contributed by atoms with Crippen LogP contribution in [0.25, 0.3) is 0 Å². The fourth-order valence-electron chi connectivity index (χ4n) is 5.46. The van der Waals surface area contributed by atoms with Crippen molar-refractivity contribution in [3.8, 4) is 0 Å². The van der Waals surface area contributed by atoms with Crippen LogP contribution < -0.4 is 38.5 Å². The summed E-state index contributed by atoms with van der Waals surface area (Å²) in [6.45, 7) is 3.96. The van der Waals surface area contributed by atoms with Gasteiger partial charge in [-0.2, -0.15) is 0 Å². The summed E-state index contributed by atoms with van der Waals surface area (Å²) in [5.41, 5.74) is 19.9. The number of amides is 5. The first-order chi connectivity index (χ1) is 24.0. The highest BCUT2D eigenvalue weighted by atomic mass is 16.2. The van der Waals surface area contributed by atoms with Gasteiger partial charge in [-0.05, 0) is 54.8 Å². The number of unbranched alkanes of at least 4 members (excludes halogenated alkanes) is 1. The van der Waals surface area contributed by atoms with E-state index in [-0.39, 0.29) is 19.3 Å². The van der Waals surface area contributed by atoms with E-state index in [1.54, 1.807) is 13.8 Å². The van der Waals surface area contributed by atoms with Crippen LogP contribution in [-0.2, 0) is 43.2 Å². The number of hydrogen-bond acceptors (Lipinski definition) is 7. The number of primary amides is 1. The second-order valence-corrected chi connectivity index (χ2v) is 12.8. The number of carbonyl (C=O) groups is 5. The molecule has 0 saturated heterocycles. The van der Waals surface area contributed by atoms with E-state index in [1.807, 2.05) is 91.0 Å². The number of rotatable bonds is 20. The van der Waals surface area contributed by atoms with Crippen LogP contribution in [0.5, 0.6) is 0 Å². The molecule has 0 aliphatic carbocycles. The van der Waals surface area contributed by atoms with Gasteiger partial charge in [0.2, 0.25) is 29.5 Å². The Balaban J connectivity index is 1.80. The molecule has 0 aromatic heterocycles. The molecule has 5 atom stereocenters. The van der Waals surface area contributed by atoms with Gasteiger partial charge in [-0.1, -0.05) is 105 Å². The van der Waals surface area contributed by atoms with Gasteiger partial charge in [-0.15, -0.1) is 0 Å². The minimum atomic E-state index is -1.09. The van der Waals surface area contributed by atoms with E-state index < -0.39 is 65.7 Å². The van der Waals surface area contributed by atoms with Crippen LogP contribution in [0.4, 0.5) is 0 Å². The van der Waals surface area contributed by atoms with Gasteiger partial charge in [0.25, 0.3) is 0 Å². The quantitative estimate of drug-likeness (QED) is 0.0865. The standard InChI is InChI=1S/C38H51N7O5/c1-25(2)33(38(50)44-31(23-27-16-8-4-9-17-27)36(48)42-30(34(41)46)20-12-13-21-39)45-37(49)32(24-28-18-10-5-11-19-28)43-35(47)29(40)22-26-14-6-3-7-15-26/h3-11,14-19,25,29-33H,12-13,20-24,39-40H2,1-2H3,(H2,41,46)(H,42,48)(H,43,47)(H,44,50)(H,45,49)/t29-,30-,31-,32-,33-/m0/s1. The summed E-state index contributed by atoms with van der Waals surface area (Å²) in [6.07, 6.45) is 2.10. The maximum atomic E-state index is 13.9. The highest BCUT2D eigenvalue weighted by molar-refractivity contribution is 5.96. The van der Waals surface area contributed by atoms with Crippen LogP contribution in [0.15, 0.2) is 91.0 Å². The number of hydrogen-bond donors (Lipinski definition) is 7. The molecular formula is C38H51N7O5. The van der Waals surface area contributed by atoms with Gasteiger partial charge in [0, 0.05) is 12.8 Å². The topological polar surface area (TPSA) is 212 Å². The minimum Gasteiger partial charge on any atom is -0.368 e. The van der Waals surface area contributed by atoms with Crippen molar-refractivity contribution in [1.29, 1.82) is 0 Å². The van der Waals surface area contributed by atoms with E-state index in [9.17, 15) is 24.0 Å². The summed E-state index contributed by atoms with van der Waals surface area (Å²) in [5, 5.41) is 11.1. The molecule has 3 rings (SSSR count). The molecule has 0 aliphatic heterocycles. The lowest BCUT2D eigenvalue weighted by Gasteiger charge is -2.28. The van der Waals surface area contributed by atoms with E-state index in [0.29, 0.717) is 25.8 Å². The van der Waals surface area contributed by atoms with Gasteiger partial charge in [-0.25, -0.2) is 0 Å². The van der Waals surface area contributed by atoms with Crippen LogP contribution in [-0.4, -0.2) is 66.3 Å². The highest BCUT2D eigenvalue weighted by Crippen LogP contribution is 2.11. The van der Waals surface area contributed by atoms with Gasteiger partial charge in [0.1, 0.15) is 24.2 Å². The van der Waals surface area contributed by atoms with Crippen molar-refractivity contribution < 1.29 is 24.0 Å². The molecule has 0 fully saturated rings. The molecule has 268 valence electrons. The van der Waals surface area contributed by atoms with E-state index in [4.69, 9.17) is 17.2 Å². The normalized spacial score (nSPS) is 14.0. The first-order valence-corrected chi connectivity index (χ1v) is 17.1. The summed E-state index contributed by atoms with van der Waals surface area (Å²) in [7, 11) is 0. The Hall–Kier alpha value is -5.07. The maximum absolute atomic E-state index is 13.9. The molecule has 0 bridgehead atoms. The van der Waals surface area contributed by atoms with Gasteiger partial charge in [0.15, 0.2) is 0 Å². The van der Waals surface area contributed by atoms with Gasteiger partial charge >= 0.3 is 0 Å². The van der Waals surface area contributed by atoms with Crippen LogP contribution in [0.3, 0.4) is 0 Å². The number of nitrogens with two attached hydrogens (primary N) is 3. The zero-order valence-corrected chi connectivity index (χ0v) is 28.8. The van der Waals surface area contributed by atoms with Crippen molar-refractivity contribution >= 4 is 29.5 Å². The maximum Gasteiger partial charge on any atom is 0.243 e. The molecule has 12 nitrogen and oxygen atoms in total. The zero-order valence-electron chi connectivity index (χ0n) is 28.8. The Labute approximate surface area is 294 Å². The van der Waals surface area contributed by atoms with E-state index in [2.05, 4.69) is 21.3 Å². The summed E-state index contributed by atoms with van der Waals surface area (Å²) < 4.78 is 0. The lowest BCUT2D eigenvalue weighted by molar-refractivity contribution is -0.135. The number of carbonyl (C=O) groups excluding carboxylic acids is 5. The predicted molar refractivity (Wildman–Crippen MR) is 193 cm³/mol. The fraction of sp³-hybridized carbons (Fsp3) is 0.395. The molecule has 0 saturated carbocycles. The molecule has 0 spiro atoms. The molecule has 0 heterocycles. The molecule has 0 aliphatic rings. The Morgan fingerprint density at radius 2 is 0.980 bits per heavy atom. The van der Waals surface area contributed by atoms with Crippen molar-refractivity contribution in [3.63, 3.8) is 0 Å². The van der Waals surface area contributed by atoms with E-state index >= 15 is 0 Å². The lowest BCUT2D eigenvalue weighted by atomic mass is 9.99. The smallest absolute Gasteiger partial charge is 0.243 e. The van der Waals surface area contributed by atoms with Gasteiger partial charge < -0.3 is 38.5 Å². The third kappa shape index (κ3) is 13.1. The SMILES string of the molecule is CC(C)[C@H](NC(=O)[C@H](Cc1ccccc1)NC(=O)[C@@H](N)Cc1ccccc1)C(=O)N[C@@H](Cc1ccccc1)C(=O)N[C@@H](CCCCN)C(N)=O. The molecule has 3 aromatic carbocycles. The third-order valence-corrected chi connectivity index (χ3v) is 8.32. The van der Waals surface area contributed by atoms with Crippen LogP contribution in [0.2, 0.25) is 0 Å². The van der Waals surface area contributed by atoms with Gasteiger partial charge in [0.05, 0.1) is 6.04 Å². The van der Waals surface area contributed by atoms with Crippen LogP contribution >= 0.6 is 0 Å². The third-order valence-electron chi connectivity index (χ3n) is 8.32. The summed E-state index contributed by atoms with van der Waals surface area (Å²) in [5.74, 6) is -3.38. The second kappa shape index (κ2) is 20.4. The largest absolute Gasteiger partial charge is 0.368 e. The fourth-order valence-corrected chi connectivity index (χ4v) is 5.46. The molecular weight excluding hydrogens is 634 g/mol. The Bertz CT molecular complexity index is 1520. The Morgan fingerprint density at radius 3 is 1.42 bits per heavy atom. The van der Waals surface area contributed by atoms with Crippen LogP contribution in [0, 0.1) is 5.92 Å². The molecule has 0 radical (unpaired) electrons. The Morgan fingerprint density at radius 1 is 0.560 bits per heavy atom. The summed E-state index contributed by atoms with van der Waals surface area (Å²) in [4.78, 5) is 66.7. The highest BCUT2D eigenvalue weighted by Gasteiger charge is 2.33. The Kier molecular flexibility index (Phi) is 16.1. The zero-order chi connectivity index (χ0) is 36.5. The van der Waals surface area contributed by atoms with E-state index in [1.165, 1.54) is 0 Å². The van der Waals surface area contributed by atoms with E-state index in [0.717, 1.165) is 16.7 Å². The number of benzene rings is 3. The van der Waals surface area contributed by atoms with Crippen molar-refractivity contribution in [2.45, 2.75) is 82.6 Å². The van der Waals surface area contributed by atoms with Crippen molar-refractivity contribution in [2.75, 3.05) is 6.54 Å². The van der Waals surface area contributed by atoms with Crippen molar-refractivity contribution in [1.82, 2.24) is 21.3 Å². The van der Waals surface area contributed by atoms with Crippen LogP contribution in [0.1, 0.15) is 49.8 Å². The second-order valence-electron chi connectivity index (χ2n) is 12.8. The molecule has 50 heavy (non-hydrogen) atoms. The average molecular weight is 686 g/mol. The lowest BCUT2D eigenvalue weighted by Crippen LogP contribution is -2.60. The summed E-state index contributed by atoms with van der Waals surface area (Å²) >= 11 is 0. The van der Waals surface area contributed by atoms with Crippen molar-refractivity contribution in [3.05, 3.63) is 108 Å². The number of nitrogens with one attached hydrogen (secondary N) is 4. The molecule has 10 N–H and O–H groups in total. The summed E-state index contributed by atoms with van der Waals surface area (Å²) in [6, 6.07) is 22.5. The molecule has 3 aromatic rings. The predicted octanol–water partition coefficient (Wildman–Crippen LogP) is 1.25. The van der Waals surface area contributed by atoms with Crippen molar-refractivity contribution in [2.24, 2.45) is 23.1 Å². The monoisotopic (exact) mass is 685 g/mol. The molecule has 0 unspecified atom stereocenters. The molecule has 5 amide bonds. The van der Waals surface area contributed by atoms with Gasteiger partial charge in [-0.3, -0.25) is 24.0 Å². The first-order valence-electron chi connectivity index (χ1n) is 17.1. The first kappa shape index (κ1) is 39.4. The average Bonchev–Trinajstić information content (AvgIpc) is 3.10.